The van der Waals surface area contributed by atoms with Crippen LogP contribution in [0, 0.1) is 11.3 Å². The number of hydrogen-bond acceptors (Lipinski definition) is 3. The van der Waals surface area contributed by atoms with Crippen LogP contribution in [0.5, 0.6) is 11.5 Å². The normalized spacial score (nSPS) is 22.0. The van der Waals surface area contributed by atoms with E-state index in [1.165, 1.54) is 24.8 Å². The van der Waals surface area contributed by atoms with Gasteiger partial charge in [0.15, 0.2) is 0 Å². The Balaban J connectivity index is 2.47. The summed E-state index contributed by atoms with van der Waals surface area (Å²) in [5, 5.41) is 3.69. The van der Waals surface area contributed by atoms with E-state index in [-0.39, 0.29) is 6.04 Å². The minimum Gasteiger partial charge on any atom is -0.496 e. The average molecular weight is 291 g/mol. The van der Waals surface area contributed by atoms with Gasteiger partial charge in [0, 0.05) is 6.04 Å². The van der Waals surface area contributed by atoms with Crippen LogP contribution in [-0.2, 0) is 0 Å². The summed E-state index contributed by atoms with van der Waals surface area (Å²) in [5.41, 5.74) is 1.52. The molecule has 118 valence electrons. The summed E-state index contributed by atoms with van der Waals surface area (Å²) in [4.78, 5) is 0. The van der Waals surface area contributed by atoms with E-state index in [0.29, 0.717) is 11.3 Å². The third kappa shape index (κ3) is 3.18. The van der Waals surface area contributed by atoms with Gasteiger partial charge in [0.2, 0.25) is 0 Å². The summed E-state index contributed by atoms with van der Waals surface area (Å²) in [5.74, 6) is 2.44. The summed E-state index contributed by atoms with van der Waals surface area (Å²) in [7, 11) is 3.47. The van der Waals surface area contributed by atoms with Crippen LogP contribution in [0.2, 0.25) is 0 Å². The summed E-state index contributed by atoms with van der Waals surface area (Å²) >= 11 is 0. The van der Waals surface area contributed by atoms with Crippen molar-refractivity contribution in [3.63, 3.8) is 0 Å². The number of methoxy groups -OCH3 is 2. The summed E-state index contributed by atoms with van der Waals surface area (Å²) in [6.07, 6.45) is 3.85. The predicted molar refractivity (Wildman–Crippen MR) is 87.1 cm³/mol. The number of ether oxygens (including phenoxy) is 2. The summed E-state index contributed by atoms with van der Waals surface area (Å²) in [6.45, 7) is 7.88. The fraction of sp³-hybridized carbons (Fsp3) is 0.667. The maximum absolute atomic E-state index is 5.62. The minimum absolute atomic E-state index is 0.276. The molecule has 1 N–H and O–H groups in total. The Labute approximate surface area is 129 Å². The molecule has 1 aliphatic carbocycles. The van der Waals surface area contributed by atoms with Crippen LogP contribution in [0.4, 0.5) is 0 Å². The lowest BCUT2D eigenvalue weighted by Crippen LogP contribution is -2.34. The van der Waals surface area contributed by atoms with Crippen LogP contribution in [0.25, 0.3) is 0 Å². The smallest absolute Gasteiger partial charge is 0.127 e. The molecule has 1 aromatic carbocycles. The fourth-order valence-corrected chi connectivity index (χ4v) is 3.82. The van der Waals surface area contributed by atoms with Gasteiger partial charge in [0.1, 0.15) is 11.5 Å². The Morgan fingerprint density at radius 2 is 1.86 bits per heavy atom. The first kappa shape index (κ1) is 16.2. The second-order valence-electron chi connectivity index (χ2n) is 6.60. The molecule has 0 heterocycles. The molecule has 3 heteroatoms. The molecule has 2 atom stereocenters. The highest BCUT2D eigenvalue weighted by molar-refractivity contribution is 5.47. The van der Waals surface area contributed by atoms with E-state index in [9.17, 15) is 0 Å². The van der Waals surface area contributed by atoms with Gasteiger partial charge in [0.05, 0.1) is 19.8 Å². The lowest BCUT2D eigenvalue weighted by Gasteiger charge is -2.36. The van der Waals surface area contributed by atoms with Crippen LogP contribution in [0.1, 0.15) is 51.6 Å². The molecule has 0 radical (unpaired) electrons. The first-order valence-electron chi connectivity index (χ1n) is 7.99. The standard InChI is InChI=1S/C18H29NO2/c1-6-19-17(13-9-8-12-18(13,2)3)16-14(20-4)10-7-11-15(16)21-5/h7,10-11,13,17,19H,6,8-9,12H2,1-5H3. The maximum atomic E-state index is 5.62. The molecule has 0 saturated heterocycles. The Morgan fingerprint density at radius 1 is 1.24 bits per heavy atom. The average Bonchev–Trinajstić information content (AvgIpc) is 2.83. The molecular formula is C18H29NO2. The van der Waals surface area contributed by atoms with E-state index in [0.717, 1.165) is 18.0 Å². The van der Waals surface area contributed by atoms with E-state index in [1.54, 1.807) is 14.2 Å². The highest BCUT2D eigenvalue weighted by atomic mass is 16.5. The lowest BCUT2D eigenvalue weighted by molar-refractivity contribution is 0.193. The molecule has 1 saturated carbocycles. The van der Waals surface area contributed by atoms with Crippen molar-refractivity contribution in [2.24, 2.45) is 11.3 Å². The molecule has 3 nitrogen and oxygen atoms in total. The maximum Gasteiger partial charge on any atom is 0.127 e. The zero-order valence-corrected chi connectivity index (χ0v) is 14.0. The first-order chi connectivity index (χ1) is 10.0. The number of rotatable bonds is 6. The molecular weight excluding hydrogens is 262 g/mol. The third-order valence-corrected chi connectivity index (χ3v) is 4.94. The number of nitrogens with one attached hydrogen (secondary N) is 1. The van der Waals surface area contributed by atoms with Gasteiger partial charge < -0.3 is 14.8 Å². The van der Waals surface area contributed by atoms with Crippen molar-refractivity contribution in [1.82, 2.24) is 5.32 Å². The molecule has 0 aromatic heterocycles. The van der Waals surface area contributed by atoms with Crippen molar-refractivity contribution in [2.75, 3.05) is 20.8 Å². The first-order valence-corrected chi connectivity index (χ1v) is 7.99. The summed E-state index contributed by atoms with van der Waals surface area (Å²) in [6, 6.07) is 6.33. The molecule has 1 aromatic rings. The van der Waals surface area contributed by atoms with Crippen molar-refractivity contribution in [1.29, 1.82) is 0 Å². The van der Waals surface area contributed by atoms with Crippen molar-refractivity contribution >= 4 is 0 Å². The second kappa shape index (κ2) is 6.69. The highest BCUT2D eigenvalue weighted by Gasteiger charge is 2.41. The van der Waals surface area contributed by atoms with Crippen molar-refractivity contribution in [2.45, 2.75) is 46.1 Å². The van der Waals surface area contributed by atoms with Crippen molar-refractivity contribution in [3.8, 4) is 11.5 Å². The van der Waals surface area contributed by atoms with Crippen LogP contribution in [0.15, 0.2) is 18.2 Å². The van der Waals surface area contributed by atoms with Gasteiger partial charge in [-0.05, 0) is 42.9 Å². The molecule has 2 unspecified atom stereocenters. The largest absolute Gasteiger partial charge is 0.496 e. The Bertz CT molecular complexity index is 448. The Morgan fingerprint density at radius 3 is 2.29 bits per heavy atom. The SMILES string of the molecule is CCNC(c1c(OC)cccc1OC)C1CCCC1(C)C. The second-order valence-corrected chi connectivity index (χ2v) is 6.60. The number of hydrogen-bond donors (Lipinski definition) is 1. The predicted octanol–water partition coefficient (Wildman–Crippen LogP) is 4.18. The number of benzene rings is 1. The van der Waals surface area contributed by atoms with E-state index in [1.807, 2.05) is 18.2 Å². The van der Waals surface area contributed by atoms with Gasteiger partial charge >= 0.3 is 0 Å². The third-order valence-electron chi connectivity index (χ3n) is 4.94. The Hall–Kier alpha value is -1.22. The Kier molecular flexibility index (Phi) is 5.15. The monoisotopic (exact) mass is 291 g/mol. The van der Waals surface area contributed by atoms with Crippen LogP contribution < -0.4 is 14.8 Å². The van der Waals surface area contributed by atoms with Gasteiger partial charge in [-0.2, -0.15) is 0 Å². The molecule has 1 fully saturated rings. The van der Waals surface area contributed by atoms with Gasteiger partial charge in [0.25, 0.3) is 0 Å². The van der Waals surface area contributed by atoms with E-state index in [4.69, 9.17) is 9.47 Å². The molecule has 0 bridgehead atoms. The fourth-order valence-electron chi connectivity index (χ4n) is 3.82. The zero-order chi connectivity index (χ0) is 15.5. The van der Waals surface area contributed by atoms with E-state index >= 15 is 0 Å². The van der Waals surface area contributed by atoms with Crippen molar-refractivity contribution < 1.29 is 9.47 Å². The van der Waals surface area contributed by atoms with Gasteiger partial charge in [-0.15, -0.1) is 0 Å². The van der Waals surface area contributed by atoms with E-state index < -0.39 is 0 Å². The highest BCUT2D eigenvalue weighted by Crippen LogP contribution is 2.51. The lowest BCUT2D eigenvalue weighted by atomic mass is 9.75. The van der Waals surface area contributed by atoms with Crippen LogP contribution in [-0.4, -0.2) is 20.8 Å². The molecule has 0 aliphatic heterocycles. The van der Waals surface area contributed by atoms with Gasteiger partial charge in [-0.25, -0.2) is 0 Å². The van der Waals surface area contributed by atoms with Gasteiger partial charge in [-0.3, -0.25) is 0 Å². The molecule has 0 amide bonds. The van der Waals surface area contributed by atoms with Crippen LogP contribution >= 0.6 is 0 Å². The topological polar surface area (TPSA) is 30.5 Å². The zero-order valence-electron chi connectivity index (χ0n) is 14.0. The van der Waals surface area contributed by atoms with Crippen LogP contribution in [0.3, 0.4) is 0 Å². The van der Waals surface area contributed by atoms with Crippen molar-refractivity contribution in [3.05, 3.63) is 23.8 Å². The minimum atomic E-state index is 0.276. The summed E-state index contributed by atoms with van der Waals surface area (Å²) < 4.78 is 11.2. The van der Waals surface area contributed by atoms with Gasteiger partial charge in [-0.1, -0.05) is 33.3 Å². The van der Waals surface area contributed by atoms with E-state index in [2.05, 4.69) is 26.1 Å². The molecule has 2 rings (SSSR count). The molecule has 1 aliphatic rings. The molecule has 21 heavy (non-hydrogen) atoms. The quantitative estimate of drug-likeness (QED) is 0.853. The molecule has 0 spiro atoms.